The summed E-state index contributed by atoms with van der Waals surface area (Å²) in [6.45, 7) is 8.88. The van der Waals surface area contributed by atoms with E-state index >= 15 is 0 Å². The van der Waals surface area contributed by atoms with Gasteiger partial charge in [0.15, 0.2) is 0 Å². The van der Waals surface area contributed by atoms with Crippen LogP contribution >= 0.6 is 0 Å². The van der Waals surface area contributed by atoms with Gasteiger partial charge in [-0.3, -0.25) is 14.4 Å². The molecule has 2 rings (SSSR count). The van der Waals surface area contributed by atoms with Crippen molar-refractivity contribution in [3.05, 3.63) is 54.1 Å². The monoisotopic (exact) mass is 410 g/mol. The highest BCUT2D eigenvalue weighted by atomic mass is 16.2. The van der Waals surface area contributed by atoms with Crippen LogP contribution in [-0.4, -0.2) is 42.3 Å². The van der Waals surface area contributed by atoms with Crippen molar-refractivity contribution in [1.29, 1.82) is 0 Å². The third kappa shape index (κ3) is 6.62. The zero-order chi connectivity index (χ0) is 22.1. The smallest absolute Gasteiger partial charge is 0.253 e. The van der Waals surface area contributed by atoms with Crippen LogP contribution in [-0.2, 0) is 9.59 Å². The molecule has 0 spiro atoms. The molecule has 0 aliphatic rings. The summed E-state index contributed by atoms with van der Waals surface area (Å²) >= 11 is 0. The molecule has 160 valence electrons. The third-order valence-corrected chi connectivity index (χ3v) is 4.57. The van der Waals surface area contributed by atoms with Crippen LogP contribution in [0.1, 0.15) is 38.1 Å². The lowest BCUT2D eigenvalue weighted by Gasteiger charge is -2.19. The van der Waals surface area contributed by atoms with E-state index in [1.165, 1.54) is 0 Å². The summed E-state index contributed by atoms with van der Waals surface area (Å²) in [6.07, 6.45) is 0. The quantitative estimate of drug-likeness (QED) is 0.586. The van der Waals surface area contributed by atoms with E-state index in [9.17, 15) is 14.4 Å². The first-order chi connectivity index (χ1) is 14.3. The fraction of sp³-hybridized carbons (Fsp3) is 0.348. The molecule has 3 amide bonds. The van der Waals surface area contributed by atoms with Crippen molar-refractivity contribution in [2.24, 2.45) is 5.92 Å². The SMILES string of the molecule is CCN(CC)C(=O)c1cccc(NC(=O)CNc2ccc(NC(=O)C(C)C)cc2)c1. The Morgan fingerprint density at radius 3 is 2.10 bits per heavy atom. The number of hydrogen-bond acceptors (Lipinski definition) is 4. The Bertz CT molecular complexity index is 874. The van der Waals surface area contributed by atoms with Gasteiger partial charge < -0.3 is 20.9 Å². The molecule has 0 unspecified atom stereocenters. The fourth-order valence-electron chi connectivity index (χ4n) is 2.77. The molecule has 0 aliphatic heterocycles. The number of hydrogen-bond donors (Lipinski definition) is 3. The van der Waals surface area contributed by atoms with Crippen molar-refractivity contribution in [3.63, 3.8) is 0 Å². The summed E-state index contributed by atoms with van der Waals surface area (Å²) in [7, 11) is 0. The van der Waals surface area contributed by atoms with Gasteiger partial charge in [-0.15, -0.1) is 0 Å². The number of amides is 3. The lowest BCUT2D eigenvalue weighted by atomic mass is 10.1. The molecule has 2 aromatic carbocycles. The number of anilines is 3. The summed E-state index contributed by atoms with van der Waals surface area (Å²) in [4.78, 5) is 38.2. The van der Waals surface area contributed by atoms with Crippen LogP contribution in [0.15, 0.2) is 48.5 Å². The fourth-order valence-corrected chi connectivity index (χ4v) is 2.77. The van der Waals surface area contributed by atoms with Gasteiger partial charge in [-0.2, -0.15) is 0 Å². The van der Waals surface area contributed by atoms with Crippen molar-refractivity contribution in [2.75, 3.05) is 35.6 Å². The van der Waals surface area contributed by atoms with Crippen LogP contribution < -0.4 is 16.0 Å². The molecule has 0 saturated heterocycles. The van der Waals surface area contributed by atoms with Gasteiger partial charge in [0.1, 0.15) is 0 Å². The summed E-state index contributed by atoms with van der Waals surface area (Å²) < 4.78 is 0. The van der Waals surface area contributed by atoms with E-state index in [0.29, 0.717) is 30.0 Å². The van der Waals surface area contributed by atoms with Gasteiger partial charge >= 0.3 is 0 Å². The molecule has 0 saturated carbocycles. The van der Waals surface area contributed by atoms with Crippen LogP contribution in [0.5, 0.6) is 0 Å². The molecule has 0 aliphatic carbocycles. The van der Waals surface area contributed by atoms with Gasteiger partial charge in [0.05, 0.1) is 6.54 Å². The minimum atomic E-state index is -0.223. The van der Waals surface area contributed by atoms with Crippen LogP contribution in [0.3, 0.4) is 0 Å². The second kappa shape index (κ2) is 11.0. The zero-order valence-corrected chi connectivity index (χ0v) is 18.0. The van der Waals surface area contributed by atoms with Crippen molar-refractivity contribution < 1.29 is 14.4 Å². The molecule has 0 radical (unpaired) electrons. The van der Waals surface area contributed by atoms with E-state index < -0.39 is 0 Å². The average Bonchev–Trinajstić information content (AvgIpc) is 2.74. The molecule has 30 heavy (non-hydrogen) atoms. The van der Waals surface area contributed by atoms with Gasteiger partial charge in [-0.1, -0.05) is 19.9 Å². The maximum atomic E-state index is 12.5. The largest absolute Gasteiger partial charge is 0.376 e. The van der Waals surface area contributed by atoms with E-state index in [2.05, 4.69) is 16.0 Å². The first kappa shape index (κ1) is 22.9. The summed E-state index contributed by atoms with van der Waals surface area (Å²) in [5.74, 6) is -0.414. The molecule has 0 aromatic heterocycles. The second-order valence-electron chi connectivity index (χ2n) is 7.18. The number of carbonyl (C=O) groups excluding carboxylic acids is 3. The second-order valence-corrected chi connectivity index (χ2v) is 7.18. The number of nitrogens with zero attached hydrogens (tertiary/aromatic N) is 1. The van der Waals surface area contributed by atoms with Crippen LogP contribution in [0.4, 0.5) is 17.1 Å². The summed E-state index contributed by atoms with van der Waals surface area (Å²) in [5, 5.41) is 8.66. The maximum absolute atomic E-state index is 12.5. The summed E-state index contributed by atoms with van der Waals surface area (Å²) in [6, 6.07) is 14.1. The Morgan fingerprint density at radius 1 is 0.867 bits per heavy atom. The van der Waals surface area contributed by atoms with Gasteiger partial charge in [0, 0.05) is 41.6 Å². The Kier molecular flexibility index (Phi) is 8.41. The molecule has 0 atom stereocenters. The molecule has 7 heteroatoms. The maximum Gasteiger partial charge on any atom is 0.253 e. The molecule has 2 aromatic rings. The highest BCUT2D eigenvalue weighted by Crippen LogP contribution is 2.15. The van der Waals surface area contributed by atoms with Crippen LogP contribution in [0.2, 0.25) is 0 Å². The van der Waals surface area contributed by atoms with Crippen molar-refractivity contribution in [3.8, 4) is 0 Å². The minimum Gasteiger partial charge on any atom is -0.376 e. The number of carbonyl (C=O) groups is 3. The minimum absolute atomic E-state index is 0.0446. The standard InChI is InChI=1S/C23H30N4O3/c1-5-27(6-2)23(30)17-8-7-9-20(14-17)25-21(28)15-24-18-10-12-19(13-11-18)26-22(29)16(3)4/h7-14,16,24H,5-6,15H2,1-4H3,(H,25,28)(H,26,29). The topological polar surface area (TPSA) is 90.5 Å². The third-order valence-electron chi connectivity index (χ3n) is 4.57. The molecule has 7 nitrogen and oxygen atoms in total. The Balaban J connectivity index is 1.90. The van der Waals surface area contributed by atoms with E-state index in [1.807, 2.05) is 27.7 Å². The molecule has 3 N–H and O–H groups in total. The van der Waals surface area contributed by atoms with E-state index in [-0.39, 0.29) is 30.2 Å². The lowest BCUT2D eigenvalue weighted by Crippen LogP contribution is -2.30. The first-order valence-corrected chi connectivity index (χ1v) is 10.2. The van der Waals surface area contributed by atoms with Crippen LogP contribution in [0, 0.1) is 5.92 Å². The van der Waals surface area contributed by atoms with Crippen LogP contribution in [0.25, 0.3) is 0 Å². The van der Waals surface area contributed by atoms with Crippen molar-refractivity contribution in [1.82, 2.24) is 4.90 Å². The van der Waals surface area contributed by atoms with Crippen molar-refractivity contribution >= 4 is 34.8 Å². The van der Waals surface area contributed by atoms with Gasteiger partial charge in [0.25, 0.3) is 5.91 Å². The lowest BCUT2D eigenvalue weighted by molar-refractivity contribution is -0.119. The normalized spacial score (nSPS) is 10.4. The van der Waals surface area contributed by atoms with Gasteiger partial charge in [-0.05, 0) is 56.3 Å². The molecule has 0 bridgehead atoms. The predicted octanol–water partition coefficient (Wildman–Crippen LogP) is 3.81. The molecular formula is C23H30N4O3. The highest BCUT2D eigenvalue weighted by Gasteiger charge is 2.13. The first-order valence-electron chi connectivity index (χ1n) is 10.2. The number of rotatable bonds is 9. The zero-order valence-electron chi connectivity index (χ0n) is 18.0. The molecular weight excluding hydrogens is 380 g/mol. The van der Waals surface area contributed by atoms with Crippen molar-refractivity contribution in [2.45, 2.75) is 27.7 Å². The average molecular weight is 411 g/mol. The Labute approximate surface area is 177 Å². The Hall–Kier alpha value is -3.35. The number of benzene rings is 2. The molecule has 0 fully saturated rings. The van der Waals surface area contributed by atoms with E-state index in [0.717, 1.165) is 5.69 Å². The van der Waals surface area contributed by atoms with E-state index in [1.54, 1.807) is 53.4 Å². The predicted molar refractivity (Wildman–Crippen MR) is 121 cm³/mol. The Morgan fingerprint density at radius 2 is 1.50 bits per heavy atom. The number of nitrogens with one attached hydrogen (secondary N) is 3. The van der Waals surface area contributed by atoms with E-state index in [4.69, 9.17) is 0 Å². The molecule has 0 heterocycles. The highest BCUT2D eigenvalue weighted by molar-refractivity contribution is 5.98. The summed E-state index contributed by atoms with van der Waals surface area (Å²) in [5.41, 5.74) is 2.59. The van der Waals surface area contributed by atoms with Gasteiger partial charge in [0.2, 0.25) is 11.8 Å². The van der Waals surface area contributed by atoms with Gasteiger partial charge in [-0.25, -0.2) is 0 Å².